The highest BCUT2D eigenvalue weighted by atomic mass is 33.1. The minimum Gasteiger partial charge on any atom is -0.508 e. The first-order valence-corrected chi connectivity index (χ1v) is 25.8. The van der Waals surface area contributed by atoms with Crippen LogP contribution in [0.25, 0.3) is 0 Å². The van der Waals surface area contributed by atoms with Gasteiger partial charge in [-0.2, -0.15) is 0 Å². The standard InChI is InChI=1S/C44H67N15O13S2/c1-21(2)34-41(69)51-16-33(63)58-35(22(3)4)42(70)54-27(6-5-11-49-44(46)47)38(66)57-31(43(71)72)19-74-73-18-26(45)36(64)55-29(13-24-14-48-20-52-24)39(67)56-30(17-60)37(65)50-15-32(62)53-28(40(68)59-34)12-23-7-9-25(61)10-8-23/h7-10,14,20-22,26-31,34-35,60-61H,5-6,11-13,15-19,45H2,1-4H3,(H,48,52)(H,50,65)(H,51,69)(H,53,62)(H,54,70)(H,55,64)(H,56,67)(H,57,66)(H,58,63)(H,59,68)(H,71,72)(H4,46,47,49). The number of aliphatic hydroxyl groups is 1. The number of carboxylic acid groups (broad SMARTS) is 1. The molecular weight excluding hydrogens is 1010 g/mol. The third kappa shape index (κ3) is 21.1. The summed E-state index contributed by atoms with van der Waals surface area (Å²) in [5, 5.41) is 52.2. The molecule has 1 fully saturated rings. The van der Waals surface area contributed by atoms with Crippen molar-refractivity contribution in [2.45, 2.75) is 102 Å². The van der Waals surface area contributed by atoms with Gasteiger partial charge in [-0.1, -0.05) is 61.4 Å². The van der Waals surface area contributed by atoms with Crippen molar-refractivity contribution < 1.29 is 63.3 Å². The molecule has 30 heteroatoms. The Morgan fingerprint density at radius 3 is 1.84 bits per heavy atom. The van der Waals surface area contributed by atoms with Gasteiger partial charge in [-0.25, -0.2) is 9.78 Å². The van der Waals surface area contributed by atoms with Gasteiger partial charge in [0, 0.05) is 42.8 Å². The number of hydrogen-bond donors (Lipinski definition) is 16. The van der Waals surface area contributed by atoms with Crippen LogP contribution in [-0.4, -0.2) is 176 Å². The maximum atomic E-state index is 13.9. The van der Waals surface area contributed by atoms with Crippen molar-refractivity contribution in [2.24, 2.45) is 34.0 Å². The van der Waals surface area contributed by atoms with Crippen molar-refractivity contribution in [3.63, 3.8) is 0 Å². The van der Waals surface area contributed by atoms with E-state index in [9.17, 15) is 63.3 Å². The number of aliphatic hydroxyl groups excluding tert-OH is 1. The number of phenolic OH excluding ortho intramolecular Hbond substituents is 1. The van der Waals surface area contributed by atoms with Crippen LogP contribution in [0.15, 0.2) is 41.8 Å². The zero-order valence-corrected chi connectivity index (χ0v) is 42.8. The molecule has 19 N–H and O–H groups in total. The van der Waals surface area contributed by atoms with Gasteiger partial charge in [0.1, 0.15) is 48.0 Å². The van der Waals surface area contributed by atoms with Crippen LogP contribution in [0.5, 0.6) is 5.75 Å². The van der Waals surface area contributed by atoms with Gasteiger partial charge in [0.25, 0.3) is 0 Å². The number of aromatic hydroxyl groups is 1. The van der Waals surface area contributed by atoms with Crippen molar-refractivity contribution in [1.82, 2.24) is 57.8 Å². The maximum absolute atomic E-state index is 13.9. The molecule has 0 bridgehead atoms. The van der Waals surface area contributed by atoms with Crippen LogP contribution in [-0.2, 0) is 60.8 Å². The van der Waals surface area contributed by atoms with Crippen LogP contribution in [0, 0.1) is 11.8 Å². The smallest absolute Gasteiger partial charge is 0.327 e. The average molecular weight is 1080 g/mol. The van der Waals surface area contributed by atoms with Crippen LogP contribution in [0.3, 0.4) is 0 Å². The number of carbonyl (C=O) groups excluding carboxylic acids is 9. The van der Waals surface area contributed by atoms with Gasteiger partial charge in [0.15, 0.2) is 5.96 Å². The van der Waals surface area contributed by atoms with Crippen LogP contribution in [0.1, 0.15) is 51.8 Å². The molecule has 1 aliphatic rings. The number of amides is 9. The molecule has 0 spiro atoms. The molecule has 2 aromatic rings. The number of aromatic nitrogens is 2. The molecule has 8 atom stereocenters. The molecule has 28 nitrogen and oxygen atoms in total. The highest BCUT2D eigenvalue weighted by Crippen LogP contribution is 2.23. The highest BCUT2D eigenvalue weighted by molar-refractivity contribution is 8.76. The Bertz CT molecular complexity index is 2290. The third-order valence-corrected chi connectivity index (χ3v) is 13.4. The van der Waals surface area contributed by atoms with Gasteiger partial charge in [0.2, 0.25) is 53.2 Å². The summed E-state index contributed by atoms with van der Waals surface area (Å²) in [6.07, 6.45) is 2.37. The number of aliphatic imine (C=N–C) groups is 1. The molecule has 408 valence electrons. The first-order chi connectivity index (χ1) is 35.0. The van der Waals surface area contributed by atoms with Gasteiger partial charge in [-0.15, -0.1) is 0 Å². The quantitative estimate of drug-likeness (QED) is 0.0408. The summed E-state index contributed by atoms with van der Waals surface area (Å²) in [6, 6.07) is -5.60. The number of hydrogen-bond acceptors (Lipinski definition) is 17. The maximum Gasteiger partial charge on any atom is 0.327 e. The fourth-order valence-electron chi connectivity index (χ4n) is 6.80. The molecule has 1 aromatic heterocycles. The van der Waals surface area contributed by atoms with Crippen molar-refractivity contribution >= 4 is 86.7 Å². The Morgan fingerprint density at radius 1 is 0.689 bits per heavy atom. The van der Waals surface area contributed by atoms with Crippen LogP contribution in [0.4, 0.5) is 0 Å². The molecule has 0 radical (unpaired) electrons. The largest absolute Gasteiger partial charge is 0.508 e. The lowest BCUT2D eigenvalue weighted by Gasteiger charge is -2.27. The normalized spacial score (nSPS) is 24.5. The predicted molar refractivity (Wildman–Crippen MR) is 271 cm³/mol. The van der Waals surface area contributed by atoms with Crippen molar-refractivity contribution in [3.8, 4) is 5.75 Å². The number of nitrogens with zero attached hydrogens (tertiary/aromatic N) is 2. The second-order valence-corrected chi connectivity index (χ2v) is 20.2. The number of carboxylic acids is 1. The lowest BCUT2D eigenvalue weighted by atomic mass is 10.0. The average Bonchev–Trinajstić information content (AvgIpc) is 3.86. The third-order valence-electron chi connectivity index (χ3n) is 10.9. The number of guanidine groups is 1. The summed E-state index contributed by atoms with van der Waals surface area (Å²) in [5.74, 6) is -11.4. The molecule has 8 unspecified atom stereocenters. The summed E-state index contributed by atoms with van der Waals surface area (Å²) in [6.45, 7) is 4.01. The Balaban J connectivity index is 1.98. The predicted octanol–water partition coefficient (Wildman–Crippen LogP) is -5.31. The highest BCUT2D eigenvalue weighted by Gasteiger charge is 2.34. The van der Waals surface area contributed by atoms with Crippen molar-refractivity contribution in [2.75, 3.05) is 37.7 Å². The summed E-state index contributed by atoms with van der Waals surface area (Å²) in [4.78, 5) is 145. The van der Waals surface area contributed by atoms with Crippen molar-refractivity contribution in [1.29, 1.82) is 0 Å². The molecule has 1 aliphatic heterocycles. The number of nitrogens with one attached hydrogen (secondary N) is 10. The zero-order valence-electron chi connectivity index (χ0n) is 41.2. The van der Waals surface area contributed by atoms with E-state index in [2.05, 4.69) is 62.8 Å². The van der Waals surface area contributed by atoms with Crippen LogP contribution >= 0.6 is 21.6 Å². The van der Waals surface area contributed by atoms with E-state index in [0.29, 0.717) is 11.3 Å². The second-order valence-electron chi connectivity index (χ2n) is 17.6. The number of phenols is 1. The number of benzene rings is 1. The van der Waals surface area contributed by atoms with Gasteiger partial charge in [-0.3, -0.25) is 48.1 Å². The summed E-state index contributed by atoms with van der Waals surface area (Å²) in [7, 11) is 1.91. The Hall–Kier alpha value is -7.18. The SMILES string of the molecule is CC(C)C1NC(=O)CNC(=O)C(C(C)C)NC(=O)C(Cc2ccc(O)cc2)NC(=O)CNC(=O)C(CO)NC(=O)C(Cc2cnc[nH]2)NC(=O)C(N)CSSCC(C(=O)O)NC(=O)C(CCCN=C(N)N)NC1=O. The van der Waals surface area contributed by atoms with E-state index in [-0.39, 0.29) is 55.4 Å². The van der Waals surface area contributed by atoms with Crippen molar-refractivity contribution in [3.05, 3.63) is 48.0 Å². The number of aromatic amines is 1. The first-order valence-electron chi connectivity index (χ1n) is 23.3. The minimum atomic E-state index is -1.66. The fraction of sp³-hybridized carbons (Fsp3) is 0.545. The number of H-pyrrole nitrogens is 1. The van der Waals surface area contributed by atoms with Gasteiger partial charge in [0.05, 0.1) is 32.1 Å². The Kier molecular flexibility index (Phi) is 25.4. The molecule has 74 heavy (non-hydrogen) atoms. The van der Waals surface area contributed by atoms with E-state index in [0.717, 1.165) is 21.6 Å². The van der Waals surface area contributed by atoms with E-state index in [4.69, 9.17) is 17.2 Å². The number of nitrogens with two attached hydrogens (primary N) is 3. The monoisotopic (exact) mass is 1080 g/mol. The Morgan fingerprint density at radius 2 is 1.24 bits per heavy atom. The zero-order chi connectivity index (χ0) is 55.1. The molecule has 0 saturated carbocycles. The Labute approximate surface area is 433 Å². The van der Waals surface area contributed by atoms with Gasteiger partial charge >= 0.3 is 5.97 Å². The summed E-state index contributed by atoms with van der Waals surface area (Å²) >= 11 is 0. The summed E-state index contributed by atoms with van der Waals surface area (Å²) in [5.41, 5.74) is 17.9. The molecule has 9 amide bonds. The minimum absolute atomic E-state index is 0.0369. The van der Waals surface area contributed by atoms with Crippen LogP contribution < -0.4 is 65.1 Å². The molecule has 1 aromatic carbocycles. The molecular formula is C44H67N15O13S2. The van der Waals surface area contributed by atoms with Gasteiger partial charge < -0.3 is 85.4 Å². The van der Waals surface area contributed by atoms with E-state index < -0.39 is 139 Å². The number of rotatable bonds is 12. The number of imidazole rings is 1. The van der Waals surface area contributed by atoms with E-state index >= 15 is 0 Å². The molecule has 1 saturated heterocycles. The second kappa shape index (κ2) is 30.8. The van der Waals surface area contributed by atoms with E-state index in [1.165, 1.54) is 36.8 Å². The molecule has 3 rings (SSSR count). The lowest BCUT2D eigenvalue weighted by molar-refractivity contribution is -0.141. The molecule has 2 heterocycles. The van der Waals surface area contributed by atoms with E-state index in [1.54, 1.807) is 27.7 Å². The number of carbonyl (C=O) groups is 10. The fourth-order valence-corrected chi connectivity index (χ4v) is 9.08. The van der Waals surface area contributed by atoms with Gasteiger partial charge in [-0.05, 0) is 42.4 Å². The topological polar surface area (TPSA) is 459 Å². The summed E-state index contributed by atoms with van der Waals surface area (Å²) < 4.78 is 0. The van der Waals surface area contributed by atoms with E-state index in [1.807, 2.05) is 0 Å². The van der Waals surface area contributed by atoms with Crippen LogP contribution in [0.2, 0.25) is 0 Å². The number of aliphatic carboxylic acids is 1. The molecule has 0 aliphatic carbocycles. The first kappa shape index (κ1) is 61.1. The lowest BCUT2D eigenvalue weighted by Crippen LogP contribution is -2.59.